The minimum Gasteiger partial charge on any atom is -0.478 e. The van der Waals surface area contributed by atoms with Crippen molar-refractivity contribution < 1.29 is 14.7 Å². The predicted octanol–water partition coefficient (Wildman–Crippen LogP) is 3.69. The number of hydrogen-bond donors (Lipinski definition) is 2. The van der Waals surface area contributed by atoms with Crippen molar-refractivity contribution in [1.29, 1.82) is 0 Å². The Morgan fingerprint density at radius 2 is 2.24 bits per heavy atom. The van der Waals surface area contributed by atoms with Gasteiger partial charge in [0.25, 0.3) is 0 Å². The summed E-state index contributed by atoms with van der Waals surface area (Å²) < 4.78 is 0. The fraction of sp³-hybridized carbons (Fsp3) is 0.467. The van der Waals surface area contributed by atoms with E-state index < -0.39 is 5.97 Å². The van der Waals surface area contributed by atoms with Gasteiger partial charge in [-0.2, -0.15) is 0 Å². The molecule has 0 aliphatic carbocycles. The molecule has 5 nitrogen and oxygen atoms in total. The molecule has 1 aromatic carbocycles. The zero-order valence-electron chi connectivity index (χ0n) is 11.9. The largest absolute Gasteiger partial charge is 0.478 e. The Balaban J connectivity index is 2.13. The van der Waals surface area contributed by atoms with Gasteiger partial charge in [-0.05, 0) is 30.9 Å². The summed E-state index contributed by atoms with van der Waals surface area (Å²) in [5.74, 6) is -0.635. The van der Waals surface area contributed by atoms with Crippen LogP contribution >= 0.6 is 11.6 Å². The van der Waals surface area contributed by atoms with Crippen molar-refractivity contribution in [3.05, 3.63) is 28.8 Å². The van der Waals surface area contributed by atoms with Gasteiger partial charge in [-0.25, -0.2) is 9.59 Å². The molecule has 1 aliphatic rings. The molecule has 2 amide bonds. The van der Waals surface area contributed by atoms with Crippen molar-refractivity contribution in [2.24, 2.45) is 5.92 Å². The molecular formula is C15H19ClN2O3. The van der Waals surface area contributed by atoms with Crippen molar-refractivity contribution in [2.45, 2.75) is 26.2 Å². The van der Waals surface area contributed by atoms with E-state index in [1.165, 1.54) is 6.07 Å². The first-order chi connectivity index (χ1) is 10.0. The van der Waals surface area contributed by atoms with Crippen molar-refractivity contribution in [1.82, 2.24) is 4.90 Å². The number of amides is 2. The average molecular weight is 311 g/mol. The number of aromatic carboxylic acids is 1. The van der Waals surface area contributed by atoms with Gasteiger partial charge in [-0.1, -0.05) is 31.0 Å². The molecule has 1 unspecified atom stereocenters. The molecule has 1 aromatic rings. The molecule has 0 aromatic heterocycles. The van der Waals surface area contributed by atoms with Crippen molar-refractivity contribution in [3.8, 4) is 0 Å². The van der Waals surface area contributed by atoms with Crippen LogP contribution in [0.5, 0.6) is 0 Å². The summed E-state index contributed by atoms with van der Waals surface area (Å²) in [5.41, 5.74) is 0.162. The lowest BCUT2D eigenvalue weighted by Crippen LogP contribution is -2.42. The number of anilines is 1. The van der Waals surface area contributed by atoms with Crippen LogP contribution in [0.1, 0.15) is 36.5 Å². The van der Waals surface area contributed by atoms with Gasteiger partial charge in [-0.3, -0.25) is 0 Å². The highest BCUT2D eigenvalue weighted by Crippen LogP contribution is 2.25. The number of rotatable bonds is 3. The molecule has 1 atom stereocenters. The number of likely N-dealkylation sites (tertiary alicyclic amines) is 1. The van der Waals surface area contributed by atoms with Crippen LogP contribution in [0, 0.1) is 5.92 Å². The zero-order chi connectivity index (χ0) is 15.4. The summed E-state index contributed by atoms with van der Waals surface area (Å²) in [5, 5.41) is 12.0. The van der Waals surface area contributed by atoms with Crippen molar-refractivity contribution >= 4 is 29.3 Å². The lowest BCUT2D eigenvalue weighted by atomic mass is 9.96. The monoisotopic (exact) mass is 310 g/mol. The van der Waals surface area contributed by atoms with E-state index >= 15 is 0 Å². The summed E-state index contributed by atoms with van der Waals surface area (Å²) in [6.07, 6.45) is 3.16. The average Bonchev–Trinajstić information content (AvgIpc) is 2.47. The molecule has 0 spiro atoms. The summed E-state index contributed by atoms with van der Waals surface area (Å²) in [6, 6.07) is 4.40. The van der Waals surface area contributed by atoms with Gasteiger partial charge >= 0.3 is 12.0 Å². The van der Waals surface area contributed by atoms with E-state index in [0.29, 0.717) is 19.0 Å². The fourth-order valence-electron chi connectivity index (χ4n) is 2.62. The van der Waals surface area contributed by atoms with E-state index in [1.807, 2.05) is 0 Å². The van der Waals surface area contributed by atoms with Crippen LogP contribution in [-0.2, 0) is 0 Å². The van der Waals surface area contributed by atoms with Gasteiger partial charge in [0.15, 0.2) is 0 Å². The molecule has 1 heterocycles. The Labute approximate surface area is 128 Å². The first kappa shape index (κ1) is 15.6. The highest BCUT2D eigenvalue weighted by atomic mass is 35.5. The van der Waals surface area contributed by atoms with E-state index in [1.54, 1.807) is 17.0 Å². The van der Waals surface area contributed by atoms with E-state index in [2.05, 4.69) is 12.2 Å². The smallest absolute Gasteiger partial charge is 0.339 e. The zero-order valence-corrected chi connectivity index (χ0v) is 12.7. The fourth-order valence-corrected chi connectivity index (χ4v) is 2.88. The number of carboxylic acids is 1. The molecule has 114 valence electrons. The van der Waals surface area contributed by atoms with Crippen LogP contribution in [0.15, 0.2) is 18.2 Å². The number of carbonyl (C=O) groups excluding carboxylic acids is 1. The van der Waals surface area contributed by atoms with Crippen molar-refractivity contribution in [2.75, 3.05) is 18.4 Å². The molecule has 2 rings (SSSR count). The number of benzene rings is 1. The molecule has 0 saturated carbocycles. The normalized spacial score (nSPS) is 18.4. The second kappa shape index (κ2) is 6.80. The highest BCUT2D eigenvalue weighted by Gasteiger charge is 2.24. The highest BCUT2D eigenvalue weighted by molar-refractivity contribution is 6.34. The molecule has 1 saturated heterocycles. The van der Waals surface area contributed by atoms with E-state index in [0.717, 1.165) is 19.3 Å². The van der Waals surface area contributed by atoms with E-state index in [-0.39, 0.29) is 22.3 Å². The third kappa shape index (κ3) is 3.67. The number of piperidine rings is 1. The minimum atomic E-state index is -1.15. The first-order valence-corrected chi connectivity index (χ1v) is 7.48. The van der Waals surface area contributed by atoms with Gasteiger partial charge in [0.05, 0.1) is 10.7 Å². The van der Waals surface area contributed by atoms with E-state index in [4.69, 9.17) is 11.6 Å². The molecule has 6 heteroatoms. The van der Waals surface area contributed by atoms with Gasteiger partial charge in [0, 0.05) is 13.1 Å². The lowest BCUT2D eigenvalue weighted by Gasteiger charge is -2.32. The number of carbonyl (C=O) groups is 2. The number of nitrogens with zero attached hydrogens (tertiary/aromatic N) is 1. The Morgan fingerprint density at radius 3 is 2.90 bits per heavy atom. The van der Waals surface area contributed by atoms with Crippen LogP contribution in [0.25, 0.3) is 0 Å². The second-order valence-corrected chi connectivity index (χ2v) is 5.67. The predicted molar refractivity (Wildman–Crippen MR) is 82.0 cm³/mol. The van der Waals surface area contributed by atoms with E-state index in [9.17, 15) is 14.7 Å². The van der Waals surface area contributed by atoms with Gasteiger partial charge < -0.3 is 15.3 Å². The summed E-state index contributed by atoms with van der Waals surface area (Å²) in [6.45, 7) is 3.53. The van der Waals surface area contributed by atoms with Crippen molar-refractivity contribution in [3.63, 3.8) is 0 Å². The van der Waals surface area contributed by atoms with Gasteiger partial charge in [0.2, 0.25) is 0 Å². The lowest BCUT2D eigenvalue weighted by molar-refractivity contribution is 0.0698. The summed E-state index contributed by atoms with van der Waals surface area (Å²) in [7, 11) is 0. The number of urea groups is 1. The molecule has 1 aliphatic heterocycles. The Bertz CT molecular complexity index is 548. The Kier molecular flexibility index (Phi) is 5.07. The number of halogens is 1. The number of nitrogens with one attached hydrogen (secondary N) is 1. The number of carboxylic acid groups (broad SMARTS) is 1. The standard InChI is InChI=1S/C15H19ClN2O3/c1-2-10-5-4-8-18(9-10)15(21)17-12-7-3-6-11(16)13(12)14(19)20/h3,6-7,10H,2,4-5,8-9H2,1H3,(H,17,21)(H,19,20). The molecular weight excluding hydrogens is 292 g/mol. The van der Waals surface area contributed by atoms with Crippen LogP contribution < -0.4 is 5.32 Å². The first-order valence-electron chi connectivity index (χ1n) is 7.10. The van der Waals surface area contributed by atoms with Crippen LogP contribution in [0.3, 0.4) is 0 Å². The quantitative estimate of drug-likeness (QED) is 0.894. The Hall–Kier alpha value is -1.75. The Morgan fingerprint density at radius 1 is 1.48 bits per heavy atom. The maximum absolute atomic E-state index is 12.3. The minimum absolute atomic E-state index is 0.0726. The molecule has 21 heavy (non-hydrogen) atoms. The number of hydrogen-bond acceptors (Lipinski definition) is 2. The van der Waals surface area contributed by atoms with Gasteiger partial charge in [0.1, 0.15) is 5.56 Å². The molecule has 0 bridgehead atoms. The van der Waals surface area contributed by atoms with Crippen LogP contribution in [0.4, 0.5) is 10.5 Å². The third-order valence-corrected chi connectivity index (χ3v) is 4.17. The topological polar surface area (TPSA) is 69.6 Å². The molecule has 1 fully saturated rings. The third-order valence-electron chi connectivity index (χ3n) is 3.85. The molecule has 2 N–H and O–H groups in total. The summed E-state index contributed by atoms with van der Waals surface area (Å²) >= 11 is 5.89. The second-order valence-electron chi connectivity index (χ2n) is 5.26. The maximum Gasteiger partial charge on any atom is 0.339 e. The van der Waals surface area contributed by atoms with Gasteiger partial charge in [-0.15, -0.1) is 0 Å². The maximum atomic E-state index is 12.3. The summed E-state index contributed by atoms with van der Waals surface area (Å²) in [4.78, 5) is 25.3. The molecule has 0 radical (unpaired) electrons. The SMILES string of the molecule is CCC1CCCN(C(=O)Nc2cccc(Cl)c2C(=O)O)C1. The van der Waals surface area contributed by atoms with Crippen LogP contribution in [-0.4, -0.2) is 35.1 Å². The van der Waals surface area contributed by atoms with Crippen LogP contribution in [0.2, 0.25) is 5.02 Å².